The molecule has 3 nitrogen and oxygen atoms in total. The quantitative estimate of drug-likeness (QED) is 0.859. The first-order valence-electron chi connectivity index (χ1n) is 5.46. The van der Waals surface area contributed by atoms with E-state index in [1.165, 1.54) is 18.3 Å². The highest BCUT2D eigenvalue weighted by molar-refractivity contribution is 7.10. The molecule has 104 valence electrons. The molecular formula is C11H11F4N3S. The van der Waals surface area contributed by atoms with Crippen molar-refractivity contribution in [2.45, 2.75) is 25.8 Å². The fourth-order valence-corrected chi connectivity index (χ4v) is 2.23. The third kappa shape index (κ3) is 4.64. The van der Waals surface area contributed by atoms with E-state index < -0.39 is 12.7 Å². The predicted molar refractivity (Wildman–Crippen MR) is 63.1 cm³/mol. The van der Waals surface area contributed by atoms with E-state index in [2.05, 4.69) is 10.4 Å². The third-order valence-corrected chi connectivity index (χ3v) is 3.15. The van der Waals surface area contributed by atoms with Crippen LogP contribution in [0, 0.1) is 5.13 Å². The fourth-order valence-electron chi connectivity index (χ4n) is 1.53. The lowest BCUT2D eigenvalue weighted by molar-refractivity contribution is -0.142. The van der Waals surface area contributed by atoms with Gasteiger partial charge in [0.25, 0.3) is 0 Å². The lowest BCUT2D eigenvalue weighted by Gasteiger charge is -2.05. The first-order chi connectivity index (χ1) is 8.92. The van der Waals surface area contributed by atoms with E-state index in [-0.39, 0.29) is 5.13 Å². The van der Waals surface area contributed by atoms with Crippen molar-refractivity contribution < 1.29 is 17.6 Å². The maximum absolute atomic E-state index is 12.7. The van der Waals surface area contributed by atoms with Gasteiger partial charge in [-0.1, -0.05) is 0 Å². The van der Waals surface area contributed by atoms with Crippen LogP contribution < -0.4 is 5.32 Å². The Hall–Kier alpha value is -1.41. The molecule has 2 aromatic rings. The van der Waals surface area contributed by atoms with Gasteiger partial charge in [0.2, 0.25) is 0 Å². The second-order valence-electron chi connectivity index (χ2n) is 3.93. The standard InChI is InChI=1S/C11H11F4N3S/c12-10-2-1-9(19-10)6-16-5-8-3-4-18(17-8)7-11(13,14)15/h1-4,16H,5-7H2. The average Bonchev–Trinajstić information content (AvgIpc) is 2.86. The molecule has 0 aliphatic heterocycles. The number of hydrogen-bond acceptors (Lipinski definition) is 3. The number of nitrogens with one attached hydrogen (secondary N) is 1. The van der Waals surface area contributed by atoms with Crippen molar-refractivity contribution in [3.63, 3.8) is 0 Å². The number of hydrogen-bond donors (Lipinski definition) is 1. The number of rotatable bonds is 5. The zero-order valence-electron chi connectivity index (χ0n) is 9.75. The molecule has 0 saturated carbocycles. The zero-order valence-corrected chi connectivity index (χ0v) is 10.6. The van der Waals surface area contributed by atoms with Crippen molar-refractivity contribution in [1.29, 1.82) is 0 Å². The minimum absolute atomic E-state index is 0.258. The first-order valence-corrected chi connectivity index (χ1v) is 6.28. The van der Waals surface area contributed by atoms with Crippen molar-refractivity contribution >= 4 is 11.3 Å². The Labute approximate surface area is 110 Å². The van der Waals surface area contributed by atoms with Gasteiger partial charge in [-0.2, -0.15) is 22.7 Å². The molecule has 0 saturated heterocycles. The molecular weight excluding hydrogens is 282 g/mol. The Morgan fingerprint density at radius 1 is 1.21 bits per heavy atom. The molecule has 0 aliphatic rings. The molecule has 0 spiro atoms. The van der Waals surface area contributed by atoms with Gasteiger partial charge in [0.1, 0.15) is 6.54 Å². The largest absolute Gasteiger partial charge is 0.408 e. The lowest BCUT2D eigenvalue weighted by Crippen LogP contribution is -2.18. The Balaban J connectivity index is 1.80. The van der Waals surface area contributed by atoms with Crippen LogP contribution in [0.5, 0.6) is 0 Å². The minimum atomic E-state index is -4.27. The van der Waals surface area contributed by atoms with Crippen molar-refractivity contribution in [2.24, 2.45) is 0 Å². The van der Waals surface area contributed by atoms with Crippen LogP contribution >= 0.6 is 11.3 Å². The maximum Gasteiger partial charge on any atom is 0.408 e. The van der Waals surface area contributed by atoms with E-state index >= 15 is 0 Å². The summed E-state index contributed by atoms with van der Waals surface area (Å²) in [6.45, 7) is -0.297. The summed E-state index contributed by atoms with van der Waals surface area (Å²) in [5.41, 5.74) is 0.515. The maximum atomic E-state index is 12.7. The van der Waals surface area contributed by atoms with Gasteiger partial charge in [0.15, 0.2) is 5.13 Å². The summed E-state index contributed by atoms with van der Waals surface area (Å²) < 4.78 is 49.9. The van der Waals surface area contributed by atoms with E-state index in [1.54, 1.807) is 6.07 Å². The second-order valence-corrected chi connectivity index (χ2v) is 5.05. The monoisotopic (exact) mass is 293 g/mol. The van der Waals surface area contributed by atoms with Gasteiger partial charge in [0, 0.05) is 24.2 Å². The molecule has 0 aliphatic carbocycles. The highest BCUT2D eigenvalue weighted by atomic mass is 32.1. The van der Waals surface area contributed by atoms with Crippen LogP contribution in [0.25, 0.3) is 0 Å². The van der Waals surface area contributed by atoms with Crippen LogP contribution in [0.3, 0.4) is 0 Å². The number of alkyl halides is 3. The Kier molecular flexibility index (Phi) is 4.20. The SMILES string of the molecule is Fc1ccc(CNCc2ccn(CC(F)(F)F)n2)s1. The molecule has 0 amide bonds. The van der Waals surface area contributed by atoms with E-state index in [4.69, 9.17) is 0 Å². The molecule has 0 fully saturated rings. The summed E-state index contributed by atoms with van der Waals surface area (Å²) in [6.07, 6.45) is -2.99. The van der Waals surface area contributed by atoms with Crippen molar-refractivity contribution in [3.8, 4) is 0 Å². The zero-order chi connectivity index (χ0) is 13.9. The molecule has 2 rings (SSSR count). The molecule has 0 aromatic carbocycles. The molecule has 2 heterocycles. The second kappa shape index (κ2) is 5.70. The van der Waals surface area contributed by atoms with Gasteiger partial charge in [0.05, 0.1) is 5.69 Å². The summed E-state index contributed by atoms with van der Waals surface area (Å²) in [6, 6.07) is 4.56. The number of halogens is 4. The summed E-state index contributed by atoms with van der Waals surface area (Å²) in [5.74, 6) is 0. The number of nitrogens with zero attached hydrogens (tertiary/aromatic N) is 2. The van der Waals surface area contributed by atoms with Crippen LogP contribution in [-0.2, 0) is 19.6 Å². The number of thiophene rings is 1. The molecule has 1 N–H and O–H groups in total. The smallest absolute Gasteiger partial charge is 0.306 e. The first kappa shape index (κ1) is 14.0. The van der Waals surface area contributed by atoms with Crippen LogP contribution in [0.1, 0.15) is 10.6 Å². The van der Waals surface area contributed by atoms with Gasteiger partial charge in [-0.25, -0.2) is 0 Å². The molecule has 0 atom stereocenters. The van der Waals surface area contributed by atoms with Crippen molar-refractivity contribution in [1.82, 2.24) is 15.1 Å². The van der Waals surface area contributed by atoms with Gasteiger partial charge in [-0.3, -0.25) is 4.68 Å². The van der Waals surface area contributed by atoms with Crippen LogP contribution in [0.2, 0.25) is 0 Å². The fraction of sp³-hybridized carbons (Fsp3) is 0.364. The van der Waals surface area contributed by atoms with E-state index in [0.717, 1.165) is 20.9 Å². The highest BCUT2D eigenvalue weighted by Gasteiger charge is 2.28. The van der Waals surface area contributed by atoms with Gasteiger partial charge in [-0.15, -0.1) is 11.3 Å². The topological polar surface area (TPSA) is 29.9 Å². The van der Waals surface area contributed by atoms with Crippen molar-refractivity contribution in [3.05, 3.63) is 40.1 Å². The van der Waals surface area contributed by atoms with Crippen molar-refractivity contribution in [2.75, 3.05) is 0 Å². The Morgan fingerprint density at radius 3 is 2.63 bits per heavy atom. The summed E-state index contributed by atoms with van der Waals surface area (Å²) in [5, 5.41) is 6.53. The van der Waals surface area contributed by atoms with Crippen LogP contribution in [0.4, 0.5) is 17.6 Å². The summed E-state index contributed by atoms with van der Waals surface area (Å²) >= 11 is 1.03. The molecule has 0 unspecified atom stereocenters. The minimum Gasteiger partial charge on any atom is -0.306 e. The number of aromatic nitrogens is 2. The summed E-state index contributed by atoms with van der Waals surface area (Å²) in [7, 11) is 0. The normalized spacial score (nSPS) is 12.0. The molecule has 19 heavy (non-hydrogen) atoms. The van der Waals surface area contributed by atoms with Gasteiger partial charge >= 0.3 is 6.18 Å². The van der Waals surface area contributed by atoms with E-state index in [1.807, 2.05) is 0 Å². The van der Waals surface area contributed by atoms with Gasteiger partial charge in [-0.05, 0) is 18.2 Å². The summed E-state index contributed by atoms with van der Waals surface area (Å²) in [4.78, 5) is 0.826. The Morgan fingerprint density at radius 2 is 2.00 bits per heavy atom. The van der Waals surface area contributed by atoms with Crippen LogP contribution in [-0.4, -0.2) is 16.0 Å². The van der Waals surface area contributed by atoms with Gasteiger partial charge < -0.3 is 5.32 Å². The Bertz CT molecular complexity index is 532. The highest BCUT2D eigenvalue weighted by Crippen LogP contribution is 2.17. The van der Waals surface area contributed by atoms with E-state index in [0.29, 0.717) is 18.8 Å². The van der Waals surface area contributed by atoms with E-state index in [9.17, 15) is 17.6 Å². The third-order valence-electron chi connectivity index (χ3n) is 2.27. The lowest BCUT2D eigenvalue weighted by atomic mass is 10.4. The molecule has 0 radical (unpaired) electrons. The molecule has 8 heteroatoms. The predicted octanol–water partition coefficient (Wildman–Crippen LogP) is 2.94. The average molecular weight is 293 g/mol. The molecule has 0 bridgehead atoms. The molecule has 2 aromatic heterocycles. The van der Waals surface area contributed by atoms with Crippen LogP contribution in [0.15, 0.2) is 24.4 Å².